The Hall–Kier alpha value is -3.08. The van der Waals surface area contributed by atoms with E-state index in [4.69, 9.17) is 17.3 Å². The molecule has 4 rings (SSSR count). The fourth-order valence-corrected chi connectivity index (χ4v) is 3.69. The standard InChI is InChI=1S/C18H15ClF4N6O/c19-13-6-15-26-12(18(21,22)23)5-14(29(15)27-13)25-7-17(8-28(9-17)16(24)30)10-1-3-11(20)4-2-10/h1-6,25H,7-9H2,(H2,24,30). The van der Waals surface area contributed by atoms with Crippen molar-refractivity contribution in [3.8, 4) is 0 Å². The Labute approximate surface area is 172 Å². The van der Waals surface area contributed by atoms with E-state index in [1.165, 1.54) is 27.6 Å². The number of halogens is 5. The molecule has 7 nitrogen and oxygen atoms in total. The van der Waals surface area contributed by atoms with E-state index in [1.54, 1.807) is 12.1 Å². The van der Waals surface area contributed by atoms with Gasteiger partial charge in [0.05, 0.1) is 0 Å². The van der Waals surface area contributed by atoms with Crippen LogP contribution in [0.4, 0.5) is 28.2 Å². The van der Waals surface area contributed by atoms with E-state index >= 15 is 0 Å². The summed E-state index contributed by atoms with van der Waals surface area (Å²) < 4.78 is 54.3. The number of carbonyl (C=O) groups excluding carboxylic acids is 1. The number of benzene rings is 1. The molecular weight excluding hydrogens is 428 g/mol. The summed E-state index contributed by atoms with van der Waals surface area (Å²) in [5.74, 6) is -0.400. The van der Waals surface area contributed by atoms with Gasteiger partial charge in [-0.05, 0) is 17.7 Å². The maximum Gasteiger partial charge on any atom is 0.433 e. The molecule has 1 fully saturated rings. The average Bonchev–Trinajstić information content (AvgIpc) is 3.01. The van der Waals surface area contributed by atoms with Gasteiger partial charge in [0.25, 0.3) is 0 Å². The Morgan fingerprint density at radius 1 is 1.23 bits per heavy atom. The summed E-state index contributed by atoms with van der Waals surface area (Å²) >= 11 is 5.84. The Balaban J connectivity index is 1.68. The lowest BCUT2D eigenvalue weighted by Crippen LogP contribution is -2.65. The number of rotatable bonds is 4. The van der Waals surface area contributed by atoms with Crippen molar-refractivity contribution in [3.63, 3.8) is 0 Å². The van der Waals surface area contributed by atoms with E-state index in [2.05, 4.69) is 15.4 Å². The number of nitrogens with zero attached hydrogens (tertiary/aromatic N) is 4. The topological polar surface area (TPSA) is 88.5 Å². The maximum absolute atomic E-state index is 13.3. The Morgan fingerprint density at radius 3 is 2.50 bits per heavy atom. The van der Waals surface area contributed by atoms with Crippen molar-refractivity contribution < 1.29 is 22.4 Å². The number of primary amides is 1. The predicted molar refractivity (Wildman–Crippen MR) is 101 cm³/mol. The Kier molecular flexibility index (Phi) is 4.72. The molecule has 158 valence electrons. The van der Waals surface area contributed by atoms with E-state index in [1.807, 2.05) is 0 Å². The molecule has 1 aromatic carbocycles. The summed E-state index contributed by atoms with van der Waals surface area (Å²) in [6, 6.07) is 7.15. The minimum atomic E-state index is -4.66. The smallest absolute Gasteiger partial charge is 0.369 e. The third-order valence-electron chi connectivity index (χ3n) is 5.05. The lowest BCUT2D eigenvalue weighted by Gasteiger charge is -2.50. The minimum absolute atomic E-state index is 0.0123. The lowest BCUT2D eigenvalue weighted by atomic mass is 9.73. The molecule has 0 bridgehead atoms. The van der Waals surface area contributed by atoms with Gasteiger partial charge in [-0.25, -0.2) is 14.2 Å². The Bertz CT molecular complexity index is 1110. The number of likely N-dealkylation sites (tertiary alicyclic amines) is 1. The molecule has 3 aromatic rings. The molecule has 3 N–H and O–H groups in total. The zero-order valence-corrected chi connectivity index (χ0v) is 16.0. The van der Waals surface area contributed by atoms with Crippen molar-refractivity contribution in [3.05, 3.63) is 58.6 Å². The quantitative estimate of drug-likeness (QED) is 0.607. The van der Waals surface area contributed by atoms with Gasteiger partial charge in [0.1, 0.15) is 11.6 Å². The van der Waals surface area contributed by atoms with Crippen molar-refractivity contribution in [2.75, 3.05) is 25.0 Å². The number of alkyl halides is 3. The van der Waals surface area contributed by atoms with Gasteiger partial charge in [-0.2, -0.15) is 22.8 Å². The highest BCUT2D eigenvalue weighted by atomic mass is 35.5. The first kappa shape index (κ1) is 20.2. The van der Waals surface area contributed by atoms with Crippen LogP contribution in [0.15, 0.2) is 36.4 Å². The summed E-state index contributed by atoms with van der Waals surface area (Å²) in [4.78, 5) is 16.4. The molecule has 12 heteroatoms. The van der Waals surface area contributed by atoms with Crippen LogP contribution in [0.1, 0.15) is 11.3 Å². The highest BCUT2D eigenvalue weighted by Gasteiger charge is 2.46. The first-order valence-electron chi connectivity index (χ1n) is 8.75. The van der Waals surface area contributed by atoms with Crippen molar-refractivity contribution in [2.24, 2.45) is 5.73 Å². The van der Waals surface area contributed by atoms with Crippen LogP contribution in [0.2, 0.25) is 5.15 Å². The summed E-state index contributed by atoms with van der Waals surface area (Å²) in [6.07, 6.45) is -4.66. The number of hydrogen-bond acceptors (Lipinski definition) is 4. The van der Waals surface area contributed by atoms with Crippen LogP contribution < -0.4 is 11.1 Å². The molecule has 1 saturated heterocycles. The predicted octanol–water partition coefficient (Wildman–Crippen LogP) is 3.28. The first-order valence-corrected chi connectivity index (χ1v) is 9.13. The third kappa shape index (κ3) is 3.60. The van der Waals surface area contributed by atoms with Gasteiger partial charge in [0.15, 0.2) is 16.5 Å². The number of nitrogens with one attached hydrogen (secondary N) is 1. The second-order valence-corrected chi connectivity index (χ2v) is 7.48. The first-order chi connectivity index (χ1) is 14.1. The molecule has 0 saturated carbocycles. The van der Waals surface area contributed by atoms with Crippen molar-refractivity contribution in [1.82, 2.24) is 19.5 Å². The van der Waals surface area contributed by atoms with Gasteiger partial charge in [-0.15, -0.1) is 0 Å². The molecule has 0 atom stereocenters. The van der Waals surface area contributed by atoms with Crippen molar-refractivity contribution in [2.45, 2.75) is 11.6 Å². The Morgan fingerprint density at radius 2 is 1.90 bits per heavy atom. The maximum atomic E-state index is 13.3. The molecule has 2 amide bonds. The lowest BCUT2D eigenvalue weighted by molar-refractivity contribution is -0.141. The van der Waals surface area contributed by atoms with Crippen LogP contribution in [0, 0.1) is 5.82 Å². The normalized spacial score (nSPS) is 15.8. The van der Waals surface area contributed by atoms with Crippen molar-refractivity contribution in [1.29, 1.82) is 0 Å². The molecule has 30 heavy (non-hydrogen) atoms. The summed E-state index contributed by atoms with van der Waals surface area (Å²) in [5, 5.41) is 6.91. The molecule has 2 aromatic heterocycles. The summed E-state index contributed by atoms with van der Waals surface area (Å²) in [6.45, 7) is 0.582. The van der Waals surface area contributed by atoms with Gasteiger partial charge in [-0.3, -0.25) is 0 Å². The SMILES string of the molecule is NC(=O)N1CC(CNc2cc(C(F)(F)F)nc3cc(Cl)nn23)(c2ccc(F)cc2)C1. The zero-order valence-electron chi connectivity index (χ0n) is 15.2. The third-order valence-corrected chi connectivity index (χ3v) is 5.24. The number of hydrogen-bond donors (Lipinski definition) is 2. The minimum Gasteiger partial charge on any atom is -0.369 e. The molecule has 0 aliphatic carbocycles. The molecule has 0 spiro atoms. The van der Waals surface area contributed by atoms with Crippen LogP contribution in [0.3, 0.4) is 0 Å². The average molecular weight is 443 g/mol. The van der Waals surface area contributed by atoms with E-state index < -0.39 is 29.1 Å². The van der Waals surface area contributed by atoms with Crippen LogP contribution >= 0.6 is 11.6 Å². The number of nitrogens with two attached hydrogens (primary N) is 1. The van der Waals surface area contributed by atoms with Gasteiger partial charge in [-0.1, -0.05) is 23.7 Å². The number of fused-ring (bicyclic) bond motifs is 1. The fourth-order valence-electron chi connectivity index (χ4n) is 3.52. The summed E-state index contributed by atoms with van der Waals surface area (Å²) in [7, 11) is 0. The van der Waals surface area contributed by atoms with Crippen LogP contribution in [0.25, 0.3) is 5.65 Å². The zero-order chi connectivity index (χ0) is 21.7. The molecule has 0 radical (unpaired) electrons. The van der Waals surface area contributed by atoms with Gasteiger partial charge in [0.2, 0.25) is 0 Å². The van der Waals surface area contributed by atoms with Crippen molar-refractivity contribution >= 4 is 29.1 Å². The van der Waals surface area contributed by atoms with Crippen LogP contribution in [-0.4, -0.2) is 45.2 Å². The van der Waals surface area contributed by atoms with Crippen LogP contribution in [0.5, 0.6) is 0 Å². The second-order valence-electron chi connectivity index (χ2n) is 7.10. The number of carbonyl (C=O) groups is 1. The molecular formula is C18H15ClF4N6O. The highest BCUT2D eigenvalue weighted by Crippen LogP contribution is 2.36. The number of aromatic nitrogens is 3. The van der Waals surface area contributed by atoms with E-state index in [0.717, 1.165) is 6.07 Å². The van der Waals surface area contributed by atoms with Gasteiger partial charge >= 0.3 is 12.2 Å². The van der Waals surface area contributed by atoms with Crippen LogP contribution in [-0.2, 0) is 11.6 Å². The fraction of sp³-hybridized carbons (Fsp3) is 0.278. The molecule has 0 unspecified atom stereocenters. The van der Waals surface area contributed by atoms with E-state index in [9.17, 15) is 22.4 Å². The summed E-state index contributed by atoms with van der Waals surface area (Å²) in [5.41, 5.74) is 4.19. The number of urea groups is 1. The van der Waals surface area contributed by atoms with Gasteiger partial charge < -0.3 is 16.0 Å². The molecule has 1 aliphatic rings. The largest absolute Gasteiger partial charge is 0.433 e. The molecule has 3 heterocycles. The van der Waals surface area contributed by atoms with Gasteiger partial charge in [0, 0.05) is 37.2 Å². The van der Waals surface area contributed by atoms with E-state index in [-0.39, 0.29) is 36.3 Å². The second kappa shape index (κ2) is 7.01. The number of anilines is 1. The number of amides is 2. The molecule has 1 aliphatic heterocycles. The van der Waals surface area contributed by atoms with E-state index in [0.29, 0.717) is 5.56 Å². The highest BCUT2D eigenvalue weighted by molar-refractivity contribution is 6.29. The monoisotopic (exact) mass is 442 g/mol.